The Morgan fingerprint density at radius 3 is 2.67 bits per heavy atom. The van der Waals surface area contributed by atoms with Gasteiger partial charge in [-0.1, -0.05) is 30.3 Å². The molecule has 3 aromatic rings. The first kappa shape index (κ1) is 12.4. The molecule has 0 unspecified atom stereocenters. The molecule has 4 heteroatoms. The van der Waals surface area contributed by atoms with E-state index in [9.17, 15) is 4.79 Å². The fourth-order valence-electron chi connectivity index (χ4n) is 3.07. The van der Waals surface area contributed by atoms with Crippen molar-refractivity contribution in [3.63, 3.8) is 0 Å². The van der Waals surface area contributed by atoms with Crippen LogP contribution < -0.4 is 5.56 Å². The average molecular weight is 279 g/mol. The maximum Gasteiger partial charge on any atom is 0.294 e. The van der Waals surface area contributed by atoms with Crippen LogP contribution >= 0.6 is 0 Å². The van der Waals surface area contributed by atoms with E-state index in [0.29, 0.717) is 5.65 Å². The molecule has 2 heterocycles. The Labute approximate surface area is 122 Å². The lowest BCUT2D eigenvalue weighted by atomic mass is 9.96. The Kier molecular flexibility index (Phi) is 2.55. The van der Waals surface area contributed by atoms with E-state index in [1.807, 2.05) is 36.1 Å². The van der Waals surface area contributed by atoms with E-state index < -0.39 is 0 Å². The second-order valence-electron chi connectivity index (χ2n) is 5.99. The third kappa shape index (κ3) is 1.98. The van der Waals surface area contributed by atoms with Gasteiger partial charge in [0.2, 0.25) is 5.65 Å². The Morgan fingerprint density at radius 1 is 1.19 bits per heavy atom. The Hall–Kier alpha value is -2.36. The second kappa shape index (κ2) is 4.32. The number of hydrogen-bond donors (Lipinski definition) is 0. The third-order valence-corrected chi connectivity index (χ3v) is 4.42. The largest absolute Gasteiger partial charge is 0.310 e. The first-order valence-electron chi connectivity index (χ1n) is 7.28. The molecule has 4 nitrogen and oxygen atoms in total. The summed E-state index contributed by atoms with van der Waals surface area (Å²) in [5.41, 5.74) is 2.84. The molecule has 0 saturated heterocycles. The molecule has 1 aliphatic rings. The number of aromatic nitrogens is 3. The highest BCUT2D eigenvalue weighted by Crippen LogP contribution is 2.49. The maximum atomic E-state index is 12.6. The van der Waals surface area contributed by atoms with Crippen LogP contribution in [0.25, 0.3) is 5.65 Å². The van der Waals surface area contributed by atoms with E-state index in [1.54, 1.807) is 4.40 Å². The highest BCUT2D eigenvalue weighted by Gasteiger charge is 2.44. The summed E-state index contributed by atoms with van der Waals surface area (Å²) in [6, 6.07) is 10.5. The van der Waals surface area contributed by atoms with Crippen LogP contribution in [0.3, 0.4) is 0 Å². The zero-order valence-corrected chi connectivity index (χ0v) is 12.0. The summed E-state index contributed by atoms with van der Waals surface area (Å²) in [5.74, 6) is 0. The first-order valence-corrected chi connectivity index (χ1v) is 7.28. The van der Waals surface area contributed by atoms with Gasteiger partial charge in [-0.3, -0.25) is 4.79 Å². The minimum atomic E-state index is -0.00666. The standard InChI is InChI=1S/C17H17N3O/c1-13-11-19-9-10-20(16(21)15(19)18-13)12-17(7-8-17)14-5-3-2-4-6-14/h2-6,9-11H,7-8,12H2,1H3. The molecule has 0 atom stereocenters. The summed E-state index contributed by atoms with van der Waals surface area (Å²) in [5, 5.41) is 0. The zero-order valence-electron chi connectivity index (χ0n) is 12.0. The van der Waals surface area contributed by atoms with Crippen LogP contribution in [0.1, 0.15) is 24.1 Å². The molecule has 0 N–H and O–H groups in total. The normalized spacial score (nSPS) is 16.2. The second-order valence-corrected chi connectivity index (χ2v) is 5.99. The molecule has 0 radical (unpaired) electrons. The van der Waals surface area contributed by atoms with E-state index in [0.717, 1.165) is 25.1 Å². The summed E-state index contributed by atoms with van der Waals surface area (Å²) in [7, 11) is 0. The maximum absolute atomic E-state index is 12.6. The summed E-state index contributed by atoms with van der Waals surface area (Å²) >= 11 is 0. The minimum Gasteiger partial charge on any atom is -0.310 e. The SMILES string of the molecule is Cc1cn2ccn(CC3(c4ccccc4)CC3)c(=O)c2n1. The van der Waals surface area contributed by atoms with E-state index >= 15 is 0 Å². The van der Waals surface area contributed by atoms with E-state index in [4.69, 9.17) is 0 Å². The van der Waals surface area contributed by atoms with Crippen LogP contribution in [-0.4, -0.2) is 14.0 Å². The molecule has 1 fully saturated rings. The van der Waals surface area contributed by atoms with Crippen molar-refractivity contribution >= 4 is 5.65 Å². The Morgan fingerprint density at radius 2 is 1.95 bits per heavy atom. The van der Waals surface area contributed by atoms with Crippen molar-refractivity contribution in [3.05, 3.63) is 70.5 Å². The Balaban J connectivity index is 1.75. The van der Waals surface area contributed by atoms with E-state index in [-0.39, 0.29) is 11.0 Å². The van der Waals surface area contributed by atoms with Crippen LogP contribution in [0.2, 0.25) is 0 Å². The molecule has 0 amide bonds. The molecule has 106 valence electrons. The average Bonchev–Trinajstić information content (AvgIpc) is 3.18. The molecule has 0 aliphatic heterocycles. The smallest absolute Gasteiger partial charge is 0.294 e. The van der Waals surface area contributed by atoms with E-state index in [1.165, 1.54) is 5.56 Å². The zero-order chi connectivity index (χ0) is 14.4. The number of hydrogen-bond acceptors (Lipinski definition) is 2. The van der Waals surface area contributed by atoms with Crippen LogP contribution in [0.4, 0.5) is 0 Å². The van der Waals surface area contributed by atoms with Crippen molar-refractivity contribution < 1.29 is 0 Å². The monoisotopic (exact) mass is 279 g/mol. The molecular weight excluding hydrogens is 262 g/mol. The molecule has 1 aromatic carbocycles. The van der Waals surface area contributed by atoms with Crippen LogP contribution in [0, 0.1) is 6.92 Å². The highest BCUT2D eigenvalue weighted by atomic mass is 16.1. The minimum absolute atomic E-state index is 0.00666. The number of fused-ring (bicyclic) bond motifs is 1. The fourth-order valence-corrected chi connectivity index (χ4v) is 3.07. The van der Waals surface area contributed by atoms with Gasteiger partial charge in [-0.15, -0.1) is 0 Å². The molecule has 1 saturated carbocycles. The summed E-state index contributed by atoms with van der Waals surface area (Å²) in [4.78, 5) is 16.9. The van der Waals surface area contributed by atoms with Crippen molar-refractivity contribution in [2.75, 3.05) is 0 Å². The molecule has 2 aromatic heterocycles. The van der Waals surface area contributed by atoms with Crippen molar-refractivity contribution in [2.24, 2.45) is 0 Å². The van der Waals surface area contributed by atoms with Gasteiger partial charge in [0.1, 0.15) is 0 Å². The summed E-state index contributed by atoms with van der Waals surface area (Å²) in [6.07, 6.45) is 7.95. The first-order chi connectivity index (χ1) is 10.2. The van der Waals surface area contributed by atoms with Crippen molar-refractivity contribution in [1.82, 2.24) is 14.0 Å². The lowest BCUT2D eigenvalue weighted by Gasteiger charge is -2.17. The van der Waals surface area contributed by atoms with Gasteiger partial charge in [0.15, 0.2) is 0 Å². The molecule has 1 aliphatic carbocycles. The highest BCUT2D eigenvalue weighted by molar-refractivity contribution is 5.37. The van der Waals surface area contributed by atoms with E-state index in [2.05, 4.69) is 29.2 Å². The fraction of sp³-hybridized carbons (Fsp3) is 0.294. The number of rotatable bonds is 3. The number of aryl methyl sites for hydroxylation is 1. The van der Waals surface area contributed by atoms with Gasteiger partial charge < -0.3 is 8.97 Å². The van der Waals surface area contributed by atoms with Gasteiger partial charge in [0.05, 0.1) is 5.69 Å². The number of imidazole rings is 1. The Bertz CT molecular complexity index is 857. The summed E-state index contributed by atoms with van der Waals surface area (Å²) in [6.45, 7) is 2.64. The van der Waals surface area contributed by atoms with Crippen molar-refractivity contribution in [3.8, 4) is 0 Å². The van der Waals surface area contributed by atoms with Crippen LogP contribution in [0.15, 0.2) is 53.7 Å². The van der Waals surface area contributed by atoms with Gasteiger partial charge in [0.25, 0.3) is 5.56 Å². The van der Waals surface area contributed by atoms with Gasteiger partial charge >= 0.3 is 0 Å². The molecule has 21 heavy (non-hydrogen) atoms. The van der Waals surface area contributed by atoms with Crippen molar-refractivity contribution in [1.29, 1.82) is 0 Å². The van der Waals surface area contributed by atoms with Gasteiger partial charge in [-0.05, 0) is 25.3 Å². The molecular formula is C17H17N3O. The van der Waals surface area contributed by atoms with Gasteiger partial charge in [-0.25, -0.2) is 4.98 Å². The third-order valence-electron chi connectivity index (χ3n) is 4.42. The van der Waals surface area contributed by atoms with Crippen molar-refractivity contribution in [2.45, 2.75) is 31.7 Å². The molecule has 0 bridgehead atoms. The van der Waals surface area contributed by atoms with Gasteiger partial charge in [0, 0.05) is 30.6 Å². The molecule has 4 rings (SSSR count). The molecule has 0 spiro atoms. The number of nitrogens with zero attached hydrogens (tertiary/aromatic N) is 3. The van der Waals surface area contributed by atoms with Crippen LogP contribution in [0.5, 0.6) is 0 Å². The summed E-state index contributed by atoms with van der Waals surface area (Å²) < 4.78 is 3.61. The predicted molar refractivity (Wildman–Crippen MR) is 81.5 cm³/mol. The lowest BCUT2D eigenvalue weighted by molar-refractivity contribution is 0.533. The predicted octanol–water partition coefficient (Wildman–Crippen LogP) is 2.54. The lowest BCUT2D eigenvalue weighted by Crippen LogP contribution is -2.27. The van der Waals surface area contributed by atoms with Crippen LogP contribution in [-0.2, 0) is 12.0 Å². The van der Waals surface area contributed by atoms with Gasteiger partial charge in [-0.2, -0.15) is 0 Å². The topological polar surface area (TPSA) is 39.3 Å². The quantitative estimate of drug-likeness (QED) is 0.739. The number of benzene rings is 1.